The average Bonchev–Trinajstić information content (AvgIpc) is 2.80. The van der Waals surface area contributed by atoms with Crippen molar-refractivity contribution < 1.29 is 19.6 Å². The van der Waals surface area contributed by atoms with Crippen LogP contribution < -0.4 is 0 Å². The Balaban J connectivity index is 1.59. The van der Waals surface area contributed by atoms with Crippen molar-refractivity contribution in [2.24, 2.45) is 23.7 Å². The fraction of sp³-hybridized carbons (Fsp3) is 0.929. The maximum absolute atomic E-state index is 11.2. The van der Waals surface area contributed by atoms with Crippen LogP contribution in [0.1, 0.15) is 44.9 Å². The smallest absolute Gasteiger partial charge is 0.457 e. The predicted octanol–water partition coefficient (Wildman–Crippen LogP) is 2.17. The minimum atomic E-state index is -0.613. The first-order valence-corrected chi connectivity index (χ1v) is 7.67. The van der Waals surface area contributed by atoms with Crippen LogP contribution in [0.4, 0.5) is 0 Å². The number of carbonyl (C=O) groups is 1. The number of hydrogen-bond donors (Lipinski definition) is 2. The van der Waals surface area contributed by atoms with Gasteiger partial charge >= 0.3 is 13.1 Å². The Hall–Kier alpha value is -0.545. The molecule has 1 heterocycles. The Morgan fingerprint density at radius 3 is 2.63 bits per heavy atom. The Bertz CT molecular complexity index is 348. The average molecular weight is 266 g/mol. The molecule has 0 spiro atoms. The molecule has 0 aromatic rings. The number of hydrogen-bond acceptors (Lipinski definition) is 3. The second-order valence-electron chi connectivity index (χ2n) is 6.68. The van der Waals surface area contributed by atoms with Crippen molar-refractivity contribution in [2.45, 2.75) is 50.8 Å². The molecule has 1 aliphatic heterocycles. The number of aliphatic carboxylic acids is 1. The Morgan fingerprint density at radius 1 is 1.05 bits per heavy atom. The molecule has 3 rings (SSSR count). The van der Waals surface area contributed by atoms with Gasteiger partial charge in [0.1, 0.15) is 0 Å². The second kappa shape index (κ2) is 5.45. The fourth-order valence-electron chi connectivity index (χ4n) is 4.54. The molecule has 5 atom stereocenters. The van der Waals surface area contributed by atoms with Crippen LogP contribution in [-0.4, -0.2) is 29.8 Å². The van der Waals surface area contributed by atoms with E-state index < -0.39 is 13.1 Å². The van der Waals surface area contributed by atoms with Crippen LogP contribution in [0.5, 0.6) is 0 Å². The first-order valence-electron chi connectivity index (χ1n) is 7.67. The van der Waals surface area contributed by atoms with E-state index in [1.165, 1.54) is 6.42 Å². The van der Waals surface area contributed by atoms with E-state index in [4.69, 9.17) is 4.65 Å². The van der Waals surface area contributed by atoms with E-state index in [0.717, 1.165) is 38.5 Å². The highest BCUT2D eigenvalue weighted by atomic mass is 16.5. The van der Waals surface area contributed by atoms with Crippen LogP contribution in [0.25, 0.3) is 0 Å². The summed E-state index contributed by atoms with van der Waals surface area (Å²) in [6, 6.07) is 0. The Morgan fingerprint density at radius 2 is 1.84 bits per heavy atom. The second-order valence-corrected chi connectivity index (χ2v) is 6.68. The molecule has 5 heteroatoms. The third-order valence-electron chi connectivity index (χ3n) is 5.66. The van der Waals surface area contributed by atoms with Crippen LogP contribution in [0.3, 0.4) is 0 Å². The first-order chi connectivity index (χ1) is 9.15. The maximum atomic E-state index is 11.2. The van der Waals surface area contributed by atoms with Crippen LogP contribution in [0, 0.1) is 23.7 Å². The SMILES string of the molecule is O=C(O)C1CCCC(C2CCC3B(O)OCC3C2)C1. The highest BCUT2D eigenvalue weighted by Gasteiger charge is 2.46. The summed E-state index contributed by atoms with van der Waals surface area (Å²) in [6.07, 6.45) is 7.27. The normalized spacial score (nSPS) is 43.0. The van der Waals surface area contributed by atoms with E-state index in [1.54, 1.807) is 0 Å². The molecule has 2 N–H and O–H groups in total. The molecule has 3 aliphatic rings. The van der Waals surface area contributed by atoms with E-state index >= 15 is 0 Å². The van der Waals surface area contributed by atoms with Gasteiger partial charge in [-0.3, -0.25) is 4.79 Å². The van der Waals surface area contributed by atoms with E-state index in [1.807, 2.05) is 0 Å². The van der Waals surface area contributed by atoms with Crippen LogP contribution in [0.15, 0.2) is 0 Å². The largest absolute Gasteiger partial charge is 0.481 e. The standard InChI is InChI=1S/C14H23BO4/c16-14(17)11-3-1-2-9(6-11)10-4-5-13-12(7-10)8-19-15(13)18/h9-13,18H,1-8H2,(H,16,17). The van der Waals surface area contributed by atoms with Crippen LogP contribution >= 0.6 is 0 Å². The topological polar surface area (TPSA) is 66.8 Å². The molecule has 106 valence electrons. The van der Waals surface area contributed by atoms with Gasteiger partial charge in [0.2, 0.25) is 0 Å². The van der Waals surface area contributed by atoms with Crippen molar-refractivity contribution in [3.05, 3.63) is 0 Å². The van der Waals surface area contributed by atoms with Crippen LogP contribution in [-0.2, 0) is 9.45 Å². The van der Waals surface area contributed by atoms with Crippen molar-refractivity contribution in [3.8, 4) is 0 Å². The van der Waals surface area contributed by atoms with E-state index in [9.17, 15) is 14.9 Å². The Kier molecular flexibility index (Phi) is 3.85. The van der Waals surface area contributed by atoms with Crippen molar-refractivity contribution in [1.82, 2.24) is 0 Å². The number of carboxylic acid groups (broad SMARTS) is 1. The van der Waals surface area contributed by atoms with Gasteiger partial charge in [0, 0.05) is 6.61 Å². The molecule has 19 heavy (non-hydrogen) atoms. The third kappa shape index (κ3) is 2.68. The van der Waals surface area contributed by atoms with Crippen molar-refractivity contribution in [2.75, 3.05) is 6.61 Å². The molecule has 2 aliphatic carbocycles. The molecule has 5 unspecified atom stereocenters. The molecule has 4 nitrogen and oxygen atoms in total. The quantitative estimate of drug-likeness (QED) is 0.752. The Labute approximate surface area is 114 Å². The lowest BCUT2D eigenvalue weighted by Gasteiger charge is -2.38. The zero-order valence-corrected chi connectivity index (χ0v) is 11.3. The molecule has 3 fully saturated rings. The molecule has 0 bridgehead atoms. The lowest BCUT2D eigenvalue weighted by atomic mass is 9.58. The number of fused-ring (bicyclic) bond motifs is 1. The molecule has 0 amide bonds. The first kappa shape index (κ1) is 13.4. The molecule has 1 saturated heterocycles. The van der Waals surface area contributed by atoms with Gasteiger partial charge < -0.3 is 14.8 Å². The minimum absolute atomic E-state index is 0.123. The summed E-state index contributed by atoms with van der Waals surface area (Å²) in [7, 11) is -0.552. The molecule has 2 saturated carbocycles. The van der Waals surface area contributed by atoms with Gasteiger partial charge in [0.25, 0.3) is 0 Å². The number of rotatable bonds is 2. The summed E-state index contributed by atoms with van der Waals surface area (Å²) in [5.41, 5.74) is 0. The molecule has 0 aromatic carbocycles. The van der Waals surface area contributed by atoms with E-state index in [0.29, 0.717) is 30.2 Å². The van der Waals surface area contributed by atoms with Crippen molar-refractivity contribution >= 4 is 13.1 Å². The van der Waals surface area contributed by atoms with Gasteiger partial charge in [-0.05, 0) is 42.8 Å². The van der Waals surface area contributed by atoms with Crippen molar-refractivity contribution in [1.29, 1.82) is 0 Å². The zero-order chi connectivity index (χ0) is 13.4. The van der Waals surface area contributed by atoms with Gasteiger partial charge in [-0.2, -0.15) is 0 Å². The summed E-state index contributed by atoms with van der Waals surface area (Å²) < 4.78 is 5.36. The monoisotopic (exact) mass is 266 g/mol. The summed E-state index contributed by atoms with van der Waals surface area (Å²) in [6.45, 7) is 0.692. The van der Waals surface area contributed by atoms with E-state index in [-0.39, 0.29) is 5.92 Å². The molecule has 0 radical (unpaired) electrons. The summed E-state index contributed by atoms with van der Waals surface area (Å²) >= 11 is 0. The van der Waals surface area contributed by atoms with Gasteiger partial charge in [-0.1, -0.05) is 25.7 Å². The summed E-state index contributed by atoms with van der Waals surface area (Å²) in [4.78, 5) is 11.2. The van der Waals surface area contributed by atoms with Gasteiger partial charge in [0.05, 0.1) is 5.92 Å². The third-order valence-corrected chi connectivity index (χ3v) is 5.66. The summed E-state index contributed by atoms with van der Waals surface area (Å²) in [5, 5.41) is 18.9. The lowest BCUT2D eigenvalue weighted by Crippen LogP contribution is -2.32. The van der Waals surface area contributed by atoms with Gasteiger partial charge in [0.15, 0.2) is 0 Å². The van der Waals surface area contributed by atoms with E-state index in [2.05, 4.69) is 0 Å². The number of carboxylic acids is 1. The maximum Gasteiger partial charge on any atom is 0.457 e. The minimum Gasteiger partial charge on any atom is -0.481 e. The predicted molar refractivity (Wildman–Crippen MR) is 71.6 cm³/mol. The zero-order valence-electron chi connectivity index (χ0n) is 11.3. The fourth-order valence-corrected chi connectivity index (χ4v) is 4.54. The summed E-state index contributed by atoms with van der Waals surface area (Å²) in [5.74, 6) is 1.32. The van der Waals surface area contributed by atoms with Crippen LogP contribution in [0.2, 0.25) is 5.82 Å². The van der Waals surface area contributed by atoms with Gasteiger partial charge in [-0.15, -0.1) is 0 Å². The molecule has 0 aromatic heterocycles. The highest BCUT2D eigenvalue weighted by Crippen LogP contribution is 2.48. The highest BCUT2D eigenvalue weighted by molar-refractivity contribution is 6.45. The van der Waals surface area contributed by atoms with Crippen molar-refractivity contribution in [3.63, 3.8) is 0 Å². The molecular formula is C14H23BO4. The lowest BCUT2D eigenvalue weighted by molar-refractivity contribution is -0.143. The van der Waals surface area contributed by atoms with Gasteiger partial charge in [-0.25, -0.2) is 0 Å². The molecular weight excluding hydrogens is 243 g/mol.